The van der Waals surface area contributed by atoms with Crippen molar-refractivity contribution >= 4 is 27.8 Å². The molecule has 0 unspecified atom stereocenters. The first-order valence-corrected chi connectivity index (χ1v) is 9.45. The fourth-order valence-electron chi connectivity index (χ4n) is 3.30. The van der Waals surface area contributed by atoms with Crippen LogP contribution in [-0.2, 0) is 14.8 Å². The van der Waals surface area contributed by atoms with Gasteiger partial charge in [-0.25, -0.2) is 8.42 Å². The van der Waals surface area contributed by atoms with E-state index in [9.17, 15) is 18.0 Å². The average molecular weight is 357 g/mol. The van der Waals surface area contributed by atoms with Crippen LogP contribution in [0.15, 0.2) is 47.4 Å². The third-order valence-corrected chi connectivity index (χ3v) is 6.24. The van der Waals surface area contributed by atoms with Crippen LogP contribution in [-0.4, -0.2) is 27.0 Å². The van der Waals surface area contributed by atoms with Gasteiger partial charge in [0.15, 0.2) is 0 Å². The Bertz CT molecular complexity index is 932. The molecule has 5 nitrogen and oxygen atoms in total. The number of ketones is 1. The molecule has 3 rings (SSSR count). The van der Waals surface area contributed by atoms with E-state index < -0.39 is 10.0 Å². The number of nitrogens with zero attached hydrogens (tertiary/aromatic N) is 1. The Morgan fingerprint density at radius 3 is 2.48 bits per heavy atom. The van der Waals surface area contributed by atoms with E-state index in [4.69, 9.17) is 0 Å². The lowest BCUT2D eigenvalue weighted by molar-refractivity contribution is -0.117. The number of hydrogen-bond acceptors (Lipinski definition) is 4. The van der Waals surface area contributed by atoms with Gasteiger partial charge in [0.25, 0.3) is 10.0 Å². The van der Waals surface area contributed by atoms with Crippen LogP contribution in [0.5, 0.6) is 0 Å². The third-order valence-electron chi connectivity index (χ3n) is 4.45. The van der Waals surface area contributed by atoms with Gasteiger partial charge in [-0.3, -0.25) is 9.10 Å². The molecular formula is C19H19NO4S. The predicted molar refractivity (Wildman–Crippen MR) is 95.6 cm³/mol. The number of sulfonamides is 1. The number of benzene rings is 2. The Morgan fingerprint density at radius 1 is 1.20 bits per heavy atom. The van der Waals surface area contributed by atoms with Crippen molar-refractivity contribution in [3.63, 3.8) is 0 Å². The van der Waals surface area contributed by atoms with Crippen LogP contribution >= 0.6 is 0 Å². The van der Waals surface area contributed by atoms with Gasteiger partial charge < -0.3 is 4.79 Å². The Morgan fingerprint density at radius 2 is 1.88 bits per heavy atom. The molecule has 25 heavy (non-hydrogen) atoms. The normalized spacial score (nSPS) is 16.6. The van der Waals surface area contributed by atoms with Crippen LogP contribution in [0.4, 0.5) is 5.69 Å². The van der Waals surface area contributed by atoms with Crippen molar-refractivity contribution in [2.24, 2.45) is 0 Å². The van der Waals surface area contributed by atoms with Crippen LogP contribution in [0.2, 0.25) is 0 Å². The van der Waals surface area contributed by atoms with E-state index in [-0.39, 0.29) is 29.6 Å². The van der Waals surface area contributed by atoms with Gasteiger partial charge in [0.05, 0.1) is 10.6 Å². The summed E-state index contributed by atoms with van der Waals surface area (Å²) in [4.78, 5) is 23.2. The van der Waals surface area contributed by atoms with E-state index in [1.807, 2.05) is 6.92 Å². The smallest absolute Gasteiger partial charge is 0.264 e. The third kappa shape index (κ3) is 3.09. The molecule has 0 radical (unpaired) electrons. The molecule has 0 saturated heterocycles. The summed E-state index contributed by atoms with van der Waals surface area (Å²) in [5.41, 5.74) is 2.53. The highest BCUT2D eigenvalue weighted by Crippen LogP contribution is 2.42. The van der Waals surface area contributed by atoms with Crippen molar-refractivity contribution in [1.82, 2.24) is 0 Å². The Labute approximate surface area is 147 Å². The molecule has 2 aromatic rings. The lowest BCUT2D eigenvalue weighted by Gasteiger charge is -2.20. The molecule has 130 valence electrons. The minimum absolute atomic E-state index is 0.0359. The summed E-state index contributed by atoms with van der Waals surface area (Å²) in [6.07, 6.45) is 0.922. The quantitative estimate of drug-likeness (QED) is 0.771. The second-order valence-electron chi connectivity index (χ2n) is 6.35. The molecule has 0 fully saturated rings. The summed E-state index contributed by atoms with van der Waals surface area (Å²) in [5, 5.41) is 0. The first-order valence-electron chi connectivity index (χ1n) is 8.01. The monoisotopic (exact) mass is 357 g/mol. The second kappa shape index (κ2) is 6.44. The van der Waals surface area contributed by atoms with Gasteiger partial charge in [-0.15, -0.1) is 0 Å². The number of hydrogen-bond donors (Lipinski definition) is 0. The topological polar surface area (TPSA) is 71.5 Å². The summed E-state index contributed by atoms with van der Waals surface area (Å²) in [7, 11) is -3.76. The van der Waals surface area contributed by atoms with E-state index in [1.165, 1.54) is 11.2 Å². The van der Waals surface area contributed by atoms with E-state index >= 15 is 0 Å². The van der Waals surface area contributed by atoms with Gasteiger partial charge in [0.1, 0.15) is 12.1 Å². The van der Waals surface area contributed by atoms with Crippen molar-refractivity contribution < 1.29 is 18.0 Å². The maximum absolute atomic E-state index is 13.1. The van der Waals surface area contributed by atoms with Crippen molar-refractivity contribution in [1.29, 1.82) is 0 Å². The summed E-state index contributed by atoms with van der Waals surface area (Å²) in [6, 6.07) is 11.7. The zero-order valence-corrected chi connectivity index (χ0v) is 14.9. The maximum Gasteiger partial charge on any atom is 0.264 e. The summed E-state index contributed by atoms with van der Waals surface area (Å²) < 4.78 is 27.5. The molecule has 0 bridgehead atoms. The predicted octanol–water partition coefficient (Wildman–Crippen LogP) is 3.08. The molecule has 1 aliphatic heterocycles. The molecule has 0 N–H and O–H groups in total. The van der Waals surface area contributed by atoms with Crippen LogP contribution in [0.3, 0.4) is 0 Å². The molecule has 0 saturated carbocycles. The number of aldehydes is 1. The molecule has 2 aromatic carbocycles. The molecule has 0 amide bonds. The highest BCUT2D eigenvalue weighted by atomic mass is 32.2. The lowest BCUT2D eigenvalue weighted by Crippen LogP contribution is -2.30. The first-order chi connectivity index (χ1) is 11.8. The first kappa shape index (κ1) is 17.4. The number of Topliss-reactive ketones (excluding diaryl/α,β-unsaturated/α-hetero) is 1. The van der Waals surface area contributed by atoms with E-state index in [0.717, 1.165) is 5.56 Å². The van der Waals surface area contributed by atoms with Crippen molar-refractivity contribution in [3.05, 3.63) is 59.2 Å². The van der Waals surface area contributed by atoms with Gasteiger partial charge in [0.2, 0.25) is 0 Å². The summed E-state index contributed by atoms with van der Waals surface area (Å²) in [5.74, 6) is -0.347. The van der Waals surface area contributed by atoms with Crippen LogP contribution in [0.1, 0.15) is 40.7 Å². The van der Waals surface area contributed by atoms with Crippen molar-refractivity contribution in [2.75, 3.05) is 10.8 Å². The Balaban J connectivity index is 2.11. The minimum atomic E-state index is -3.76. The van der Waals surface area contributed by atoms with Gasteiger partial charge in [-0.2, -0.15) is 0 Å². The fourth-order valence-corrected chi connectivity index (χ4v) is 4.83. The number of rotatable bonds is 5. The molecule has 0 aromatic heterocycles. The van der Waals surface area contributed by atoms with E-state index in [1.54, 1.807) is 42.5 Å². The number of aryl methyl sites for hydroxylation is 1. The molecule has 0 spiro atoms. The minimum Gasteiger partial charge on any atom is -0.300 e. The van der Waals surface area contributed by atoms with Gasteiger partial charge >= 0.3 is 0 Å². The fraction of sp³-hybridized carbons (Fsp3) is 0.263. The Hall–Kier alpha value is -2.47. The molecule has 1 heterocycles. The van der Waals surface area contributed by atoms with Gasteiger partial charge in [0, 0.05) is 24.4 Å². The summed E-state index contributed by atoms with van der Waals surface area (Å²) >= 11 is 0. The number of anilines is 1. The van der Waals surface area contributed by atoms with Crippen LogP contribution < -0.4 is 4.31 Å². The van der Waals surface area contributed by atoms with Crippen molar-refractivity contribution in [3.8, 4) is 0 Å². The molecule has 6 heteroatoms. The average Bonchev–Trinajstić information content (AvgIpc) is 2.94. The highest BCUT2D eigenvalue weighted by Gasteiger charge is 2.38. The van der Waals surface area contributed by atoms with E-state index in [0.29, 0.717) is 23.1 Å². The second-order valence-corrected chi connectivity index (χ2v) is 8.21. The molecular weight excluding hydrogens is 338 g/mol. The zero-order valence-electron chi connectivity index (χ0n) is 14.1. The van der Waals surface area contributed by atoms with E-state index in [2.05, 4.69) is 0 Å². The van der Waals surface area contributed by atoms with Gasteiger partial charge in [-0.05, 0) is 37.6 Å². The van der Waals surface area contributed by atoms with Gasteiger partial charge in [-0.1, -0.05) is 29.8 Å². The number of carbonyl (C=O) groups excluding carboxylic acids is 2. The zero-order chi connectivity index (χ0) is 18.2. The summed E-state index contributed by atoms with van der Waals surface area (Å²) in [6.45, 7) is 3.52. The number of carbonyl (C=O) groups is 2. The molecule has 1 aliphatic rings. The molecule has 1 atom stereocenters. The van der Waals surface area contributed by atoms with Crippen molar-refractivity contribution in [2.45, 2.75) is 31.1 Å². The highest BCUT2D eigenvalue weighted by molar-refractivity contribution is 7.92. The lowest BCUT2D eigenvalue weighted by atomic mass is 9.92. The number of fused-ring (bicyclic) bond motifs is 1. The Kier molecular flexibility index (Phi) is 4.47. The largest absolute Gasteiger partial charge is 0.300 e. The SMILES string of the molecule is CC(=O)C[C@H]1CN(S(=O)(=O)c2ccc(C)cc2)c2cccc(C=O)c21. The molecule has 0 aliphatic carbocycles. The maximum atomic E-state index is 13.1. The van der Waals surface area contributed by atoms with Crippen LogP contribution in [0, 0.1) is 6.92 Å². The van der Waals surface area contributed by atoms with Crippen LogP contribution in [0.25, 0.3) is 0 Å². The standard InChI is InChI=1S/C19H19NO4S/c1-13-6-8-17(9-7-13)25(23,24)20-11-16(10-14(2)22)19-15(12-21)4-3-5-18(19)20/h3-9,12,16H,10-11H2,1-2H3/t16-/m0/s1.